The highest BCUT2D eigenvalue weighted by Crippen LogP contribution is 2.21. The molecular formula is C18H18FN3O2. The minimum absolute atomic E-state index is 0.0685. The Morgan fingerprint density at radius 2 is 1.88 bits per heavy atom. The van der Waals surface area contributed by atoms with Gasteiger partial charge in [0.05, 0.1) is 17.4 Å². The lowest BCUT2D eigenvalue weighted by molar-refractivity contribution is -0.121. The predicted octanol–water partition coefficient (Wildman–Crippen LogP) is 2.71. The number of pyridine rings is 1. The van der Waals surface area contributed by atoms with Crippen molar-refractivity contribution >= 4 is 17.5 Å². The molecule has 1 N–H and O–H groups in total. The molecule has 0 unspecified atom stereocenters. The molecule has 2 amide bonds. The van der Waals surface area contributed by atoms with Gasteiger partial charge in [-0.25, -0.2) is 4.39 Å². The number of hydrogen-bond donors (Lipinski definition) is 1. The summed E-state index contributed by atoms with van der Waals surface area (Å²) >= 11 is 0. The van der Waals surface area contributed by atoms with Gasteiger partial charge in [-0.05, 0) is 37.1 Å². The number of halogens is 1. The summed E-state index contributed by atoms with van der Waals surface area (Å²) in [5, 5.41) is 2.83. The Morgan fingerprint density at radius 1 is 1.12 bits per heavy atom. The third-order valence-electron chi connectivity index (χ3n) is 4.19. The molecule has 0 aliphatic carbocycles. The standard InChI is InChI=1S/C18H18FN3O2/c19-16-6-2-1-5-15(16)18(24)22-10-7-13(8-11-22)17(23)21-14-4-3-9-20-12-14/h1-6,9,12-13H,7-8,10-11H2,(H,21,23). The monoisotopic (exact) mass is 327 g/mol. The van der Waals surface area contributed by atoms with Crippen LogP contribution >= 0.6 is 0 Å². The van der Waals surface area contributed by atoms with Crippen molar-refractivity contribution < 1.29 is 14.0 Å². The fourth-order valence-electron chi connectivity index (χ4n) is 2.83. The summed E-state index contributed by atoms with van der Waals surface area (Å²) in [5.74, 6) is -1.06. The molecule has 3 rings (SSSR count). The SMILES string of the molecule is O=C(Nc1cccnc1)C1CCN(C(=O)c2ccccc2F)CC1. The lowest BCUT2D eigenvalue weighted by Gasteiger charge is -2.31. The largest absolute Gasteiger partial charge is 0.339 e. The first-order valence-electron chi connectivity index (χ1n) is 7.90. The van der Waals surface area contributed by atoms with E-state index in [2.05, 4.69) is 10.3 Å². The first-order chi connectivity index (χ1) is 11.6. The number of carbonyl (C=O) groups excluding carboxylic acids is 2. The lowest BCUT2D eigenvalue weighted by Crippen LogP contribution is -2.41. The number of piperidine rings is 1. The number of rotatable bonds is 3. The number of benzene rings is 1. The van der Waals surface area contributed by atoms with Crippen LogP contribution in [0, 0.1) is 11.7 Å². The van der Waals surface area contributed by atoms with Crippen LogP contribution in [0.3, 0.4) is 0 Å². The van der Waals surface area contributed by atoms with E-state index in [4.69, 9.17) is 0 Å². The number of nitrogens with one attached hydrogen (secondary N) is 1. The molecule has 0 atom stereocenters. The van der Waals surface area contributed by atoms with Gasteiger partial charge in [0.25, 0.3) is 5.91 Å². The molecule has 1 aromatic heterocycles. The molecule has 0 spiro atoms. The van der Waals surface area contributed by atoms with Crippen molar-refractivity contribution in [2.75, 3.05) is 18.4 Å². The maximum absolute atomic E-state index is 13.7. The van der Waals surface area contributed by atoms with E-state index >= 15 is 0 Å². The van der Waals surface area contributed by atoms with Crippen molar-refractivity contribution in [1.82, 2.24) is 9.88 Å². The molecule has 0 saturated carbocycles. The van der Waals surface area contributed by atoms with E-state index < -0.39 is 5.82 Å². The highest BCUT2D eigenvalue weighted by molar-refractivity contribution is 5.95. The topological polar surface area (TPSA) is 62.3 Å². The van der Waals surface area contributed by atoms with E-state index in [1.54, 1.807) is 41.6 Å². The summed E-state index contributed by atoms with van der Waals surface area (Å²) in [7, 11) is 0. The predicted molar refractivity (Wildman–Crippen MR) is 87.9 cm³/mol. The van der Waals surface area contributed by atoms with E-state index in [1.807, 2.05) is 0 Å². The molecular weight excluding hydrogens is 309 g/mol. The Kier molecular flexibility index (Phi) is 4.84. The van der Waals surface area contributed by atoms with E-state index in [0.29, 0.717) is 31.6 Å². The smallest absolute Gasteiger partial charge is 0.256 e. The van der Waals surface area contributed by atoms with Gasteiger partial charge in [0.15, 0.2) is 0 Å². The van der Waals surface area contributed by atoms with E-state index in [9.17, 15) is 14.0 Å². The van der Waals surface area contributed by atoms with E-state index in [-0.39, 0.29) is 23.3 Å². The average Bonchev–Trinajstić information content (AvgIpc) is 2.62. The molecule has 1 aliphatic heterocycles. The van der Waals surface area contributed by atoms with Crippen molar-refractivity contribution in [3.05, 3.63) is 60.2 Å². The molecule has 0 radical (unpaired) electrons. The zero-order valence-corrected chi connectivity index (χ0v) is 13.1. The molecule has 1 aromatic carbocycles. The van der Waals surface area contributed by atoms with E-state index in [0.717, 1.165) is 0 Å². The molecule has 2 aromatic rings. The number of nitrogens with zero attached hydrogens (tertiary/aromatic N) is 2. The quantitative estimate of drug-likeness (QED) is 0.943. The number of anilines is 1. The zero-order valence-electron chi connectivity index (χ0n) is 13.1. The first kappa shape index (κ1) is 16.1. The van der Waals surface area contributed by atoms with Gasteiger partial charge in [-0.15, -0.1) is 0 Å². The molecule has 5 nitrogen and oxygen atoms in total. The van der Waals surface area contributed by atoms with Crippen molar-refractivity contribution in [2.45, 2.75) is 12.8 Å². The Hall–Kier alpha value is -2.76. The van der Waals surface area contributed by atoms with Gasteiger partial charge >= 0.3 is 0 Å². The van der Waals surface area contributed by atoms with Crippen LogP contribution in [0.4, 0.5) is 10.1 Å². The van der Waals surface area contributed by atoms with Crippen molar-refractivity contribution in [3.8, 4) is 0 Å². The molecule has 1 saturated heterocycles. The minimum atomic E-state index is -0.515. The highest BCUT2D eigenvalue weighted by atomic mass is 19.1. The van der Waals surface area contributed by atoms with Crippen LogP contribution in [-0.4, -0.2) is 34.8 Å². The number of hydrogen-bond acceptors (Lipinski definition) is 3. The van der Waals surface area contributed by atoms with Crippen LogP contribution in [0.25, 0.3) is 0 Å². The van der Waals surface area contributed by atoms with Gasteiger partial charge in [-0.3, -0.25) is 14.6 Å². The fraction of sp³-hybridized carbons (Fsp3) is 0.278. The third-order valence-corrected chi connectivity index (χ3v) is 4.19. The third kappa shape index (κ3) is 3.59. The zero-order chi connectivity index (χ0) is 16.9. The summed E-state index contributed by atoms with van der Waals surface area (Å²) in [6.45, 7) is 0.886. The maximum atomic E-state index is 13.7. The van der Waals surface area contributed by atoms with Gasteiger partial charge in [0.2, 0.25) is 5.91 Å². The van der Waals surface area contributed by atoms with Gasteiger partial charge < -0.3 is 10.2 Å². The van der Waals surface area contributed by atoms with Gasteiger partial charge in [0, 0.05) is 25.2 Å². The normalized spacial score (nSPS) is 15.1. The average molecular weight is 327 g/mol. The number of carbonyl (C=O) groups is 2. The summed E-state index contributed by atoms with van der Waals surface area (Å²) in [6, 6.07) is 9.50. The van der Waals surface area contributed by atoms with E-state index in [1.165, 1.54) is 12.1 Å². The van der Waals surface area contributed by atoms with Crippen molar-refractivity contribution in [1.29, 1.82) is 0 Å². The summed E-state index contributed by atoms with van der Waals surface area (Å²) in [4.78, 5) is 30.2. The second-order valence-corrected chi connectivity index (χ2v) is 5.78. The van der Waals surface area contributed by atoms with Crippen LogP contribution < -0.4 is 5.32 Å². The van der Waals surface area contributed by atoms with Crippen LogP contribution in [0.1, 0.15) is 23.2 Å². The highest BCUT2D eigenvalue weighted by Gasteiger charge is 2.28. The van der Waals surface area contributed by atoms with Gasteiger partial charge in [-0.2, -0.15) is 0 Å². The lowest BCUT2D eigenvalue weighted by atomic mass is 9.95. The molecule has 0 bridgehead atoms. The molecule has 2 heterocycles. The second kappa shape index (κ2) is 7.21. The Labute approximate surface area is 139 Å². The Bertz CT molecular complexity index is 728. The van der Waals surface area contributed by atoms with Crippen molar-refractivity contribution in [3.63, 3.8) is 0 Å². The molecule has 24 heavy (non-hydrogen) atoms. The molecule has 1 fully saturated rings. The Balaban J connectivity index is 1.57. The number of aromatic nitrogens is 1. The minimum Gasteiger partial charge on any atom is -0.339 e. The summed E-state index contributed by atoms with van der Waals surface area (Å²) in [6.07, 6.45) is 4.36. The van der Waals surface area contributed by atoms with Gasteiger partial charge in [-0.1, -0.05) is 12.1 Å². The van der Waals surface area contributed by atoms with Crippen LogP contribution in [0.15, 0.2) is 48.8 Å². The summed E-state index contributed by atoms with van der Waals surface area (Å²) in [5.41, 5.74) is 0.739. The van der Waals surface area contributed by atoms with Crippen LogP contribution in [-0.2, 0) is 4.79 Å². The molecule has 1 aliphatic rings. The molecule has 6 heteroatoms. The maximum Gasteiger partial charge on any atom is 0.256 e. The number of amides is 2. The fourth-order valence-corrected chi connectivity index (χ4v) is 2.83. The van der Waals surface area contributed by atoms with Crippen LogP contribution in [0.5, 0.6) is 0 Å². The Morgan fingerprint density at radius 3 is 2.54 bits per heavy atom. The van der Waals surface area contributed by atoms with Crippen LogP contribution in [0.2, 0.25) is 0 Å². The molecule has 124 valence electrons. The second-order valence-electron chi connectivity index (χ2n) is 5.78. The summed E-state index contributed by atoms with van der Waals surface area (Å²) < 4.78 is 13.7. The van der Waals surface area contributed by atoms with Crippen molar-refractivity contribution in [2.24, 2.45) is 5.92 Å². The van der Waals surface area contributed by atoms with Gasteiger partial charge in [0.1, 0.15) is 5.82 Å². The number of likely N-dealkylation sites (tertiary alicyclic amines) is 1. The first-order valence-corrected chi connectivity index (χ1v) is 7.90.